The van der Waals surface area contributed by atoms with Gasteiger partial charge in [-0.15, -0.1) is 22.7 Å². The molecule has 0 atom stereocenters. The van der Waals surface area contributed by atoms with Gasteiger partial charge < -0.3 is 9.84 Å². The molecular formula is C20H16N4O3S2. The lowest BCUT2D eigenvalue weighted by molar-refractivity contribution is -0.119. The van der Waals surface area contributed by atoms with Crippen molar-refractivity contribution in [2.75, 3.05) is 5.32 Å². The van der Waals surface area contributed by atoms with Crippen LogP contribution in [0.1, 0.15) is 22.4 Å². The maximum absolute atomic E-state index is 12.4. The van der Waals surface area contributed by atoms with Gasteiger partial charge in [0.25, 0.3) is 5.91 Å². The van der Waals surface area contributed by atoms with E-state index >= 15 is 0 Å². The fourth-order valence-electron chi connectivity index (χ4n) is 2.55. The first-order valence-corrected chi connectivity index (χ1v) is 10.4. The standard InChI is InChI=1S/C20H16N4O3S2/c1-12(25)21-10-14-7-8-18(29-14)16-11-28-20(22-16)23-19(26)17-9-15(24-27-17)13-5-3-2-4-6-13/h2-9,11H,10H2,1H3,(H,21,25)(H,22,23,26). The lowest BCUT2D eigenvalue weighted by atomic mass is 10.1. The van der Waals surface area contributed by atoms with Crippen molar-refractivity contribution < 1.29 is 14.1 Å². The van der Waals surface area contributed by atoms with Crippen LogP contribution in [-0.4, -0.2) is 22.0 Å². The maximum Gasteiger partial charge on any atom is 0.296 e. The van der Waals surface area contributed by atoms with Crippen molar-refractivity contribution in [3.8, 4) is 21.8 Å². The molecule has 1 aromatic carbocycles. The molecule has 2 N–H and O–H groups in total. The van der Waals surface area contributed by atoms with Crippen LogP contribution in [0, 0.1) is 0 Å². The zero-order valence-electron chi connectivity index (χ0n) is 15.3. The number of nitrogens with zero attached hydrogens (tertiary/aromatic N) is 2. The molecule has 4 rings (SSSR count). The highest BCUT2D eigenvalue weighted by Crippen LogP contribution is 2.31. The minimum absolute atomic E-state index is 0.0681. The van der Waals surface area contributed by atoms with Gasteiger partial charge in [0.1, 0.15) is 5.69 Å². The average molecular weight is 425 g/mol. The van der Waals surface area contributed by atoms with E-state index in [2.05, 4.69) is 20.8 Å². The molecule has 4 aromatic rings. The van der Waals surface area contributed by atoms with Crippen LogP contribution in [0.2, 0.25) is 0 Å². The number of nitrogens with one attached hydrogen (secondary N) is 2. The molecule has 0 aliphatic heterocycles. The average Bonchev–Trinajstić information content (AvgIpc) is 3.47. The Morgan fingerprint density at radius 2 is 1.93 bits per heavy atom. The lowest BCUT2D eigenvalue weighted by Gasteiger charge is -1.97. The molecule has 146 valence electrons. The molecule has 0 aliphatic rings. The molecular weight excluding hydrogens is 408 g/mol. The van der Waals surface area contributed by atoms with Crippen LogP contribution < -0.4 is 10.6 Å². The summed E-state index contributed by atoms with van der Waals surface area (Å²) in [6, 6.07) is 15.0. The number of amides is 2. The third-order valence-corrected chi connectivity index (χ3v) is 5.82. The Bertz CT molecular complexity index is 1150. The van der Waals surface area contributed by atoms with E-state index in [-0.39, 0.29) is 11.7 Å². The van der Waals surface area contributed by atoms with E-state index in [1.165, 1.54) is 18.3 Å². The number of benzene rings is 1. The van der Waals surface area contributed by atoms with Crippen molar-refractivity contribution in [3.63, 3.8) is 0 Å². The predicted molar refractivity (Wildman–Crippen MR) is 113 cm³/mol. The van der Waals surface area contributed by atoms with Gasteiger partial charge in [0.2, 0.25) is 11.7 Å². The highest BCUT2D eigenvalue weighted by Gasteiger charge is 2.16. The quantitative estimate of drug-likeness (QED) is 0.478. The lowest BCUT2D eigenvalue weighted by Crippen LogP contribution is -2.17. The van der Waals surface area contributed by atoms with E-state index in [4.69, 9.17) is 4.52 Å². The molecule has 29 heavy (non-hydrogen) atoms. The number of thiazole rings is 1. The number of carbonyl (C=O) groups is 2. The largest absolute Gasteiger partial charge is 0.351 e. The molecule has 0 spiro atoms. The summed E-state index contributed by atoms with van der Waals surface area (Å²) < 4.78 is 5.18. The summed E-state index contributed by atoms with van der Waals surface area (Å²) in [6.45, 7) is 1.98. The Labute approximate surface area is 174 Å². The Balaban J connectivity index is 1.42. The summed E-state index contributed by atoms with van der Waals surface area (Å²) in [5.41, 5.74) is 2.24. The Morgan fingerprint density at radius 3 is 2.72 bits per heavy atom. The Kier molecular flexibility index (Phi) is 5.50. The first kappa shape index (κ1) is 19.0. The molecule has 0 unspecified atom stereocenters. The van der Waals surface area contributed by atoms with Crippen LogP contribution in [-0.2, 0) is 11.3 Å². The SMILES string of the molecule is CC(=O)NCc1ccc(-c2csc(NC(=O)c3cc(-c4ccccc4)no3)n2)s1. The predicted octanol–water partition coefficient (Wildman–Crippen LogP) is 4.42. The summed E-state index contributed by atoms with van der Waals surface area (Å²) in [5, 5.41) is 11.8. The molecule has 0 saturated heterocycles. The molecule has 0 radical (unpaired) electrons. The van der Waals surface area contributed by atoms with Crippen LogP contribution in [0.5, 0.6) is 0 Å². The first-order valence-electron chi connectivity index (χ1n) is 8.71. The molecule has 7 nitrogen and oxygen atoms in total. The zero-order chi connectivity index (χ0) is 20.2. The third kappa shape index (κ3) is 4.58. The molecule has 3 aromatic heterocycles. The second-order valence-corrected chi connectivity index (χ2v) is 8.14. The van der Waals surface area contributed by atoms with Gasteiger partial charge in [0.05, 0.1) is 17.1 Å². The summed E-state index contributed by atoms with van der Waals surface area (Å²) in [4.78, 5) is 29.9. The smallest absolute Gasteiger partial charge is 0.296 e. The number of hydrogen-bond acceptors (Lipinski definition) is 7. The monoisotopic (exact) mass is 424 g/mol. The van der Waals surface area contributed by atoms with Crippen LogP contribution in [0.3, 0.4) is 0 Å². The van der Waals surface area contributed by atoms with Crippen LogP contribution >= 0.6 is 22.7 Å². The van der Waals surface area contributed by atoms with E-state index < -0.39 is 5.91 Å². The van der Waals surface area contributed by atoms with E-state index in [9.17, 15) is 9.59 Å². The van der Waals surface area contributed by atoms with Crippen molar-refractivity contribution in [1.82, 2.24) is 15.5 Å². The molecule has 9 heteroatoms. The maximum atomic E-state index is 12.4. The van der Waals surface area contributed by atoms with Crippen LogP contribution in [0.4, 0.5) is 5.13 Å². The van der Waals surface area contributed by atoms with Gasteiger partial charge >= 0.3 is 0 Å². The zero-order valence-corrected chi connectivity index (χ0v) is 17.0. The van der Waals surface area contributed by atoms with E-state index in [0.29, 0.717) is 17.4 Å². The number of rotatable bonds is 6. The number of thiophene rings is 1. The topological polar surface area (TPSA) is 97.1 Å². The van der Waals surface area contributed by atoms with Gasteiger partial charge in [-0.1, -0.05) is 35.5 Å². The molecule has 0 aliphatic carbocycles. The second kappa shape index (κ2) is 8.38. The summed E-state index contributed by atoms with van der Waals surface area (Å²) in [6.07, 6.45) is 0. The van der Waals surface area contributed by atoms with Gasteiger partial charge in [-0.3, -0.25) is 14.9 Å². The molecule has 0 fully saturated rings. The molecule has 0 saturated carbocycles. The van der Waals surface area contributed by atoms with Crippen molar-refractivity contribution >= 4 is 39.6 Å². The van der Waals surface area contributed by atoms with E-state index in [1.54, 1.807) is 17.4 Å². The summed E-state index contributed by atoms with van der Waals surface area (Å²) in [5.74, 6) is -0.353. The fraction of sp³-hybridized carbons (Fsp3) is 0.100. The molecule has 3 heterocycles. The summed E-state index contributed by atoms with van der Waals surface area (Å²) >= 11 is 2.88. The highest BCUT2D eigenvalue weighted by atomic mass is 32.1. The Morgan fingerprint density at radius 1 is 1.10 bits per heavy atom. The molecule has 0 bridgehead atoms. The first-order chi connectivity index (χ1) is 14.1. The second-order valence-electron chi connectivity index (χ2n) is 6.11. The van der Waals surface area contributed by atoms with Gasteiger partial charge in [0.15, 0.2) is 5.13 Å². The summed E-state index contributed by atoms with van der Waals surface area (Å²) in [7, 11) is 0. The minimum atomic E-state index is -0.405. The van der Waals surface area contributed by atoms with Crippen molar-refractivity contribution in [1.29, 1.82) is 0 Å². The van der Waals surface area contributed by atoms with E-state index in [0.717, 1.165) is 21.0 Å². The van der Waals surface area contributed by atoms with Gasteiger partial charge in [0, 0.05) is 28.8 Å². The van der Waals surface area contributed by atoms with Gasteiger partial charge in [-0.25, -0.2) is 4.98 Å². The number of carbonyl (C=O) groups excluding carboxylic acids is 2. The van der Waals surface area contributed by atoms with Crippen molar-refractivity contribution in [2.45, 2.75) is 13.5 Å². The van der Waals surface area contributed by atoms with Crippen LogP contribution in [0.25, 0.3) is 21.8 Å². The minimum Gasteiger partial charge on any atom is -0.351 e. The van der Waals surface area contributed by atoms with E-state index in [1.807, 2.05) is 47.8 Å². The van der Waals surface area contributed by atoms with Crippen molar-refractivity contribution in [2.24, 2.45) is 0 Å². The van der Waals surface area contributed by atoms with Crippen LogP contribution in [0.15, 0.2) is 58.4 Å². The highest BCUT2D eigenvalue weighted by molar-refractivity contribution is 7.17. The molecule has 2 amide bonds. The number of aromatic nitrogens is 2. The normalized spacial score (nSPS) is 10.7. The Hall–Kier alpha value is -3.30. The third-order valence-electron chi connectivity index (χ3n) is 3.95. The van der Waals surface area contributed by atoms with Crippen molar-refractivity contribution in [3.05, 3.63) is 64.5 Å². The fourth-order valence-corrected chi connectivity index (χ4v) is 4.24. The number of anilines is 1. The van der Waals surface area contributed by atoms with Gasteiger partial charge in [-0.05, 0) is 12.1 Å². The number of hydrogen-bond donors (Lipinski definition) is 2. The van der Waals surface area contributed by atoms with Gasteiger partial charge in [-0.2, -0.15) is 0 Å².